The van der Waals surface area contributed by atoms with Gasteiger partial charge in [0.15, 0.2) is 5.78 Å². The number of carbonyl (C=O) groups excluding carboxylic acids is 2. The predicted molar refractivity (Wildman–Crippen MR) is 79.1 cm³/mol. The molecule has 1 aromatic rings. The molecule has 2 rings (SSSR count). The number of hydrogen-bond acceptors (Lipinski definition) is 2. The maximum atomic E-state index is 12.6. The Morgan fingerprint density at radius 2 is 1.91 bits per heavy atom. The highest BCUT2D eigenvalue weighted by atomic mass is 19.4. The number of hydrogen-bond donors (Lipinski definition) is 1. The number of Topliss-reactive ketones (excluding diaryl/α,β-unsaturated/α-hetero) is 1. The first-order chi connectivity index (χ1) is 10.8. The molecule has 0 bridgehead atoms. The van der Waals surface area contributed by atoms with E-state index in [9.17, 15) is 22.8 Å². The molecular weight excluding hydrogens is 309 g/mol. The standard InChI is InChI=1S/C16H19F3N2O2/c1-2-20-15(23)21-9-3-4-12(10-21)14(22)11-5-7-13(8-6-11)16(17,18)19/h5-8,12H,2-4,9-10H2,1H3,(H,20,23)/t12-/m1/s1. The van der Waals surface area contributed by atoms with Gasteiger partial charge in [0.1, 0.15) is 0 Å². The number of piperidine rings is 1. The summed E-state index contributed by atoms with van der Waals surface area (Å²) in [4.78, 5) is 25.9. The van der Waals surface area contributed by atoms with Gasteiger partial charge in [0, 0.05) is 31.1 Å². The van der Waals surface area contributed by atoms with Crippen LogP contribution in [0.3, 0.4) is 0 Å². The number of urea groups is 1. The van der Waals surface area contributed by atoms with Crippen molar-refractivity contribution >= 4 is 11.8 Å². The number of carbonyl (C=O) groups is 2. The van der Waals surface area contributed by atoms with Crippen molar-refractivity contribution in [3.8, 4) is 0 Å². The minimum atomic E-state index is -4.42. The van der Waals surface area contributed by atoms with Crippen LogP contribution in [0.1, 0.15) is 35.7 Å². The second-order valence-corrected chi connectivity index (χ2v) is 5.56. The van der Waals surface area contributed by atoms with Crippen LogP contribution < -0.4 is 5.32 Å². The van der Waals surface area contributed by atoms with Crippen LogP contribution in [-0.2, 0) is 6.18 Å². The maximum Gasteiger partial charge on any atom is 0.416 e. The average molecular weight is 328 g/mol. The Labute approximate surface area is 132 Å². The summed E-state index contributed by atoms with van der Waals surface area (Å²) in [5, 5.41) is 2.69. The third-order valence-electron chi connectivity index (χ3n) is 3.90. The monoisotopic (exact) mass is 328 g/mol. The number of ketones is 1. The lowest BCUT2D eigenvalue weighted by molar-refractivity contribution is -0.137. The summed E-state index contributed by atoms with van der Waals surface area (Å²) >= 11 is 0. The molecule has 1 atom stereocenters. The Kier molecular flexibility index (Phi) is 5.28. The smallest absolute Gasteiger partial charge is 0.338 e. The molecule has 0 aromatic heterocycles. The van der Waals surface area contributed by atoms with Crippen LogP contribution in [0, 0.1) is 5.92 Å². The van der Waals surface area contributed by atoms with E-state index in [4.69, 9.17) is 0 Å². The summed E-state index contributed by atoms with van der Waals surface area (Å²) in [6.07, 6.45) is -3.08. The van der Waals surface area contributed by atoms with Crippen LogP contribution in [0.4, 0.5) is 18.0 Å². The van der Waals surface area contributed by atoms with E-state index in [0.29, 0.717) is 32.5 Å². The number of alkyl halides is 3. The quantitative estimate of drug-likeness (QED) is 0.865. The van der Waals surface area contributed by atoms with Crippen molar-refractivity contribution in [3.63, 3.8) is 0 Å². The Morgan fingerprint density at radius 1 is 1.26 bits per heavy atom. The van der Waals surface area contributed by atoms with Gasteiger partial charge in [0.2, 0.25) is 0 Å². The van der Waals surface area contributed by atoms with Crippen LogP contribution in [0.2, 0.25) is 0 Å². The minimum Gasteiger partial charge on any atom is -0.338 e. The van der Waals surface area contributed by atoms with Crippen molar-refractivity contribution in [2.75, 3.05) is 19.6 Å². The van der Waals surface area contributed by atoms with E-state index < -0.39 is 11.7 Å². The molecule has 1 aliphatic rings. The van der Waals surface area contributed by atoms with Crippen molar-refractivity contribution in [1.29, 1.82) is 0 Å². The average Bonchev–Trinajstić information content (AvgIpc) is 2.54. The highest BCUT2D eigenvalue weighted by molar-refractivity contribution is 5.98. The summed E-state index contributed by atoms with van der Waals surface area (Å²) < 4.78 is 37.7. The molecular formula is C16H19F3N2O2. The van der Waals surface area contributed by atoms with Gasteiger partial charge < -0.3 is 10.2 Å². The molecule has 1 saturated heterocycles. The molecule has 0 spiro atoms. The first-order valence-electron chi connectivity index (χ1n) is 7.57. The largest absolute Gasteiger partial charge is 0.416 e. The Bertz CT molecular complexity index is 570. The first kappa shape index (κ1) is 17.3. The second kappa shape index (κ2) is 7.02. The number of halogens is 3. The molecule has 0 unspecified atom stereocenters. The number of amides is 2. The number of rotatable bonds is 3. The van der Waals surface area contributed by atoms with Gasteiger partial charge >= 0.3 is 12.2 Å². The molecule has 7 heteroatoms. The van der Waals surface area contributed by atoms with Crippen molar-refractivity contribution < 1.29 is 22.8 Å². The van der Waals surface area contributed by atoms with E-state index in [-0.39, 0.29) is 23.3 Å². The zero-order valence-corrected chi connectivity index (χ0v) is 12.8. The van der Waals surface area contributed by atoms with Crippen molar-refractivity contribution in [2.45, 2.75) is 25.9 Å². The van der Waals surface area contributed by atoms with Gasteiger partial charge in [-0.2, -0.15) is 13.2 Å². The minimum absolute atomic E-state index is 0.211. The summed E-state index contributed by atoms with van der Waals surface area (Å²) in [6.45, 7) is 3.20. The molecule has 1 N–H and O–H groups in total. The molecule has 4 nitrogen and oxygen atoms in total. The zero-order chi connectivity index (χ0) is 17.0. The van der Waals surface area contributed by atoms with Crippen molar-refractivity contribution in [3.05, 3.63) is 35.4 Å². The fourth-order valence-electron chi connectivity index (χ4n) is 2.70. The molecule has 1 fully saturated rings. The highest BCUT2D eigenvalue weighted by Gasteiger charge is 2.32. The van der Waals surface area contributed by atoms with Crippen molar-refractivity contribution in [2.24, 2.45) is 5.92 Å². The van der Waals surface area contributed by atoms with Crippen LogP contribution in [0.15, 0.2) is 24.3 Å². The Balaban J connectivity index is 2.06. The number of nitrogens with zero attached hydrogens (tertiary/aromatic N) is 1. The second-order valence-electron chi connectivity index (χ2n) is 5.56. The van der Waals surface area contributed by atoms with Crippen molar-refractivity contribution in [1.82, 2.24) is 10.2 Å². The topological polar surface area (TPSA) is 49.4 Å². The fourth-order valence-corrected chi connectivity index (χ4v) is 2.70. The lowest BCUT2D eigenvalue weighted by Crippen LogP contribution is -2.47. The SMILES string of the molecule is CCNC(=O)N1CCC[C@@H](C(=O)c2ccc(C(F)(F)F)cc2)C1. The molecule has 0 aliphatic carbocycles. The Hall–Kier alpha value is -2.05. The summed E-state index contributed by atoms with van der Waals surface area (Å²) in [5.41, 5.74) is -0.526. The normalized spacial score (nSPS) is 18.6. The summed E-state index contributed by atoms with van der Waals surface area (Å²) in [7, 11) is 0. The molecule has 0 radical (unpaired) electrons. The molecule has 2 amide bonds. The molecule has 1 aromatic carbocycles. The molecule has 23 heavy (non-hydrogen) atoms. The lowest BCUT2D eigenvalue weighted by atomic mass is 9.90. The van der Waals surface area contributed by atoms with E-state index >= 15 is 0 Å². The number of benzene rings is 1. The van der Waals surface area contributed by atoms with Crippen LogP contribution in [-0.4, -0.2) is 36.3 Å². The van der Waals surface area contributed by atoms with Gasteiger partial charge in [-0.3, -0.25) is 4.79 Å². The van der Waals surface area contributed by atoms with E-state index in [1.807, 2.05) is 6.92 Å². The van der Waals surface area contributed by atoms with Gasteiger partial charge in [0.25, 0.3) is 0 Å². The van der Waals surface area contributed by atoms with Gasteiger partial charge in [-0.15, -0.1) is 0 Å². The van der Waals surface area contributed by atoms with Gasteiger partial charge in [-0.1, -0.05) is 12.1 Å². The third kappa shape index (κ3) is 4.24. The van der Waals surface area contributed by atoms with Gasteiger partial charge in [-0.25, -0.2) is 4.79 Å². The zero-order valence-electron chi connectivity index (χ0n) is 12.8. The van der Waals surface area contributed by atoms with Crippen LogP contribution in [0.5, 0.6) is 0 Å². The molecule has 126 valence electrons. The Morgan fingerprint density at radius 3 is 2.48 bits per heavy atom. The van der Waals surface area contributed by atoms with E-state index in [0.717, 1.165) is 12.1 Å². The lowest BCUT2D eigenvalue weighted by Gasteiger charge is -2.32. The van der Waals surface area contributed by atoms with Gasteiger partial charge in [0.05, 0.1) is 5.56 Å². The molecule has 0 saturated carbocycles. The predicted octanol–water partition coefficient (Wildman–Crippen LogP) is 3.33. The van der Waals surface area contributed by atoms with E-state index in [1.165, 1.54) is 12.1 Å². The molecule has 1 aliphatic heterocycles. The summed E-state index contributed by atoms with van der Waals surface area (Å²) in [5.74, 6) is -0.587. The van der Waals surface area contributed by atoms with E-state index in [2.05, 4.69) is 5.32 Å². The third-order valence-corrected chi connectivity index (χ3v) is 3.90. The van der Waals surface area contributed by atoms with Crippen LogP contribution in [0.25, 0.3) is 0 Å². The van der Waals surface area contributed by atoms with Gasteiger partial charge in [-0.05, 0) is 31.9 Å². The highest BCUT2D eigenvalue weighted by Crippen LogP contribution is 2.30. The first-order valence-corrected chi connectivity index (χ1v) is 7.57. The maximum absolute atomic E-state index is 12.6. The fraction of sp³-hybridized carbons (Fsp3) is 0.500. The molecule has 1 heterocycles. The summed E-state index contributed by atoms with van der Waals surface area (Å²) in [6, 6.07) is 4.03. The van der Waals surface area contributed by atoms with E-state index in [1.54, 1.807) is 4.90 Å². The number of nitrogens with one attached hydrogen (secondary N) is 1. The number of likely N-dealkylation sites (tertiary alicyclic amines) is 1. The van der Waals surface area contributed by atoms with Crippen LogP contribution >= 0.6 is 0 Å².